The van der Waals surface area contributed by atoms with Gasteiger partial charge in [0, 0.05) is 11.4 Å². The summed E-state index contributed by atoms with van der Waals surface area (Å²) in [5.74, 6) is -0.488. The lowest BCUT2D eigenvalue weighted by Gasteiger charge is -2.23. The molecule has 2 fully saturated rings. The van der Waals surface area contributed by atoms with Gasteiger partial charge in [-0.3, -0.25) is 9.80 Å². The minimum absolute atomic E-state index is 0.0459. The van der Waals surface area contributed by atoms with E-state index in [1.807, 2.05) is 19.1 Å². The predicted octanol–water partition coefficient (Wildman–Crippen LogP) is 3.88. The molecule has 0 radical (unpaired) electrons. The molecule has 5 nitrogen and oxygen atoms in total. The van der Waals surface area contributed by atoms with Gasteiger partial charge in [-0.1, -0.05) is 25.1 Å². The van der Waals surface area contributed by atoms with E-state index in [2.05, 4.69) is 0 Å². The van der Waals surface area contributed by atoms with Gasteiger partial charge >= 0.3 is 12.2 Å². The van der Waals surface area contributed by atoms with Crippen LogP contribution in [0.5, 0.6) is 0 Å². The number of benzene rings is 2. The number of nitrogens with zero attached hydrogens (tertiary/aromatic N) is 2. The number of alkyl halides is 3. The average molecular weight is 424 g/mol. The Balaban J connectivity index is 1.78. The first-order valence-corrected chi connectivity index (χ1v) is 11.0. The molecule has 0 bridgehead atoms. The Morgan fingerprint density at radius 2 is 1.55 bits per heavy atom. The molecule has 4 rings (SSSR count). The number of amides is 2. The molecule has 2 saturated heterocycles. The van der Waals surface area contributed by atoms with Crippen LogP contribution in [0.3, 0.4) is 0 Å². The lowest BCUT2D eigenvalue weighted by molar-refractivity contribution is -0.137. The summed E-state index contributed by atoms with van der Waals surface area (Å²) in [6.45, 7) is 1.99. The Labute approximate surface area is 166 Å². The van der Waals surface area contributed by atoms with Crippen LogP contribution in [0.2, 0.25) is 0 Å². The summed E-state index contributed by atoms with van der Waals surface area (Å²) >= 11 is 0. The molecule has 0 unspecified atom stereocenters. The van der Waals surface area contributed by atoms with E-state index >= 15 is 0 Å². The van der Waals surface area contributed by atoms with Crippen molar-refractivity contribution in [1.82, 2.24) is 0 Å². The van der Waals surface area contributed by atoms with Crippen molar-refractivity contribution in [2.75, 3.05) is 21.3 Å². The van der Waals surface area contributed by atoms with Gasteiger partial charge in [0.05, 0.1) is 29.2 Å². The molecule has 2 atom stereocenters. The quantitative estimate of drug-likeness (QED) is 0.703. The monoisotopic (exact) mass is 424 g/mol. The lowest BCUT2D eigenvalue weighted by atomic mass is 10.1. The Bertz CT molecular complexity index is 1050. The van der Waals surface area contributed by atoms with Crippen LogP contribution in [0, 0.1) is 0 Å². The summed E-state index contributed by atoms with van der Waals surface area (Å²) in [6, 6.07) is 9.75. The number of sulfone groups is 1. The number of anilines is 2. The number of hydrogen-bond donors (Lipinski definition) is 0. The highest BCUT2D eigenvalue weighted by Crippen LogP contribution is 2.39. The number of halogens is 3. The number of aryl methyl sites for hydroxylation is 1. The molecule has 2 heterocycles. The summed E-state index contributed by atoms with van der Waals surface area (Å²) in [5.41, 5.74) is 0.759. The van der Waals surface area contributed by atoms with E-state index in [0.717, 1.165) is 24.1 Å². The number of carbonyl (C=O) groups excluding carboxylic acids is 1. The van der Waals surface area contributed by atoms with E-state index in [4.69, 9.17) is 0 Å². The maximum Gasteiger partial charge on any atom is 0.416 e. The average Bonchev–Trinajstić information content (AvgIpc) is 3.09. The molecule has 29 heavy (non-hydrogen) atoms. The highest BCUT2D eigenvalue weighted by Gasteiger charge is 2.54. The first-order valence-electron chi connectivity index (χ1n) is 9.20. The predicted molar refractivity (Wildman–Crippen MR) is 104 cm³/mol. The Kier molecular flexibility index (Phi) is 4.60. The van der Waals surface area contributed by atoms with Crippen molar-refractivity contribution in [2.45, 2.75) is 31.6 Å². The van der Waals surface area contributed by atoms with E-state index in [0.29, 0.717) is 5.69 Å². The molecule has 0 aliphatic carbocycles. The SMILES string of the molecule is CCc1ccc(N2C(=O)N(c3cccc(C(F)(F)F)c3)[C@H]3CS(=O)(=O)C[C@H]32)cc1. The van der Waals surface area contributed by atoms with Gasteiger partial charge in [0.1, 0.15) is 0 Å². The third-order valence-corrected chi connectivity index (χ3v) is 7.14. The molecule has 9 heteroatoms. The molecule has 0 saturated carbocycles. The molecule has 2 aliphatic rings. The maximum absolute atomic E-state index is 13.2. The molecule has 2 amide bonds. The second-order valence-corrected chi connectivity index (χ2v) is 9.46. The van der Waals surface area contributed by atoms with Gasteiger partial charge in [0.2, 0.25) is 0 Å². The maximum atomic E-state index is 13.2. The Hall–Kier alpha value is -2.55. The molecule has 2 aromatic carbocycles. The summed E-state index contributed by atoms with van der Waals surface area (Å²) in [5, 5.41) is 0. The second kappa shape index (κ2) is 6.76. The molecule has 0 spiro atoms. The van der Waals surface area contributed by atoms with Crippen molar-refractivity contribution < 1.29 is 26.4 Å². The van der Waals surface area contributed by atoms with Crippen molar-refractivity contribution >= 4 is 27.2 Å². The van der Waals surface area contributed by atoms with Gasteiger partial charge in [-0.25, -0.2) is 13.2 Å². The van der Waals surface area contributed by atoms with Crippen LogP contribution in [0.25, 0.3) is 0 Å². The van der Waals surface area contributed by atoms with Crippen molar-refractivity contribution in [1.29, 1.82) is 0 Å². The van der Waals surface area contributed by atoms with Gasteiger partial charge in [-0.2, -0.15) is 13.2 Å². The molecule has 2 aliphatic heterocycles. The fourth-order valence-corrected chi connectivity index (χ4v) is 5.95. The van der Waals surface area contributed by atoms with Crippen LogP contribution in [-0.2, 0) is 22.4 Å². The summed E-state index contributed by atoms with van der Waals surface area (Å²) in [4.78, 5) is 15.8. The van der Waals surface area contributed by atoms with Crippen molar-refractivity contribution in [2.24, 2.45) is 0 Å². The van der Waals surface area contributed by atoms with Crippen LogP contribution < -0.4 is 9.80 Å². The van der Waals surface area contributed by atoms with E-state index in [-0.39, 0.29) is 17.2 Å². The third-order valence-electron chi connectivity index (χ3n) is 5.44. The fourth-order valence-electron chi connectivity index (χ4n) is 4.03. The van der Waals surface area contributed by atoms with Gasteiger partial charge in [-0.05, 0) is 42.3 Å². The van der Waals surface area contributed by atoms with Crippen molar-refractivity contribution in [3.8, 4) is 0 Å². The Morgan fingerprint density at radius 1 is 0.966 bits per heavy atom. The van der Waals surface area contributed by atoms with Crippen LogP contribution in [-0.4, -0.2) is 38.0 Å². The summed E-state index contributed by atoms with van der Waals surface area (Å²) in [6.07, 6.45) is -3.75. The van der Waals surface area contributed by atoms with Crippen LogP contribution in [0.4, 0.5) is 29.3 Å². The van der Waals surface area contributed by atoms with Gasteiger partial charge in [0.25, 0.3) is 0 Å². The van der Waals surface area contributed by atoms with Gasteiger partial charge in [0.15, 0.2) is 9.84 Å². The summed E-state index contributed by atoms with van der Waals surface area (Å²) in [7, 11) is -3.42. The highest BCUT2D eigenvalue weighted by molar-refractivity contribution is 7.91. The largest absolute Gasteiger partial charge is 0.416 e. The minimum atomic E-state index is -4.56. The Morgan fingerprint density at radius 3 is 2.10 bits per heavy atom. The number of rotatable bonds is 3. The standard InChI is InChI=1S/C20H19F3N2O3S/c1-2-13-6-8-15(9-7-13)24-17-11-29(27,28)12-18(17)25(19(24)26)16-5-3-4-14(10-16)20(21,22)23/h3-10,17-18H,2,11-12H2,1H3/t17-,18+/m1/s1. The van der Waals surface area contributed by atoms with Crippen LogP contribution in [0.15, 0.2) is 48.5 Å². The van der Waals surface area contributed by atoms with Crippen molar-refractivity contribution in [3.05, 3.63) is 59.7 Å². The molecule has 0 aromatic heterocycles. The number of hydrogen-bond acceptors (Lipinski definition) is 3. The first kappa shape index (κ1) is 19.8. The fraction of sp³-hybridized carbons (Fsp3) is 0.350. The number of urea groups is 1. The van der Waals surface area contributed by atoms with Crippen LogP contribution >= 0.6 is 0 Å². The second-order valence-electron chi connectivity index (χ2n) is 7.30. The number of fused-ring (bicyclic) bond motifs is 1. The normalized spacial score (nSPS) is 23.5. The van der Waals surface area contributed by atoms with Crippen LogP contribution in [0.1, 0.15) is 18.1 Å². The zero-order chi connectivity index (χ0) is 21.0. The van der Waals surface area contributed by atoms with Crippen molar-refractivity contribution in [3.63, 3.8) is 0 Å². The van der Waals surface area contributed by atoms with E-state index < -0.39 is 39.7 Å². The van der Waals surface area contributed by atoms with E-state index in [1.54, 1.807) is 12.1 Å². The highest BCUT2D eigenvalue weighted by atomic mass is 32.2. The zero-order valence-corrected chi connectivity index (χ0v) is 16.4. The topological polar surface area (TPSA) is 57.7 Å². The van der Waals surface area contributed by atoms with Gasteiger partial charge in [-0.15, -0.1) is 0 Å². The first-order chi connectivity index (χ1) is 13.6. The smallest absolute Gasteiger partial charge is 0.288 e. The van der Waals surface area contributed by atoms with Gasteiger partial charge < -0.3 is 0 Å². The molecule has 0 N–H and O–H groups in total. The molecular weight excluding hydrogens is 405 g/mol. The lowest BCUT2D eigenvalue weighted by Crippen LogP contribution is -2.38. The number of carbonyl (C=O) groups is 1. The van der Waals surface area contributed by atoms with E-state index in [9.17, 15) is 26.4 Å². The minimum Gasteiger partial charge on any atom is -0.288 e. The molecule has 154 valence electrons. The zero-order valence-electron chi connectivity index (χ0n) is 15.6. The molecule has 2 aromatic rings. The summed E-state index contributed by atoms with van der Waals surface area (Å²) < 4.78 is 64.0. The van der Waals surface area contributed by atoms with E-state index in [1.165, 1.54) is 21.9 Å². The third kappa shape index (κ3) is 3.48. The molecular formula is C20H19F3N2O3S.